The number of fused-ring (bicyclic) bond motifs is 1. The first kappa shape index (κ1) is 18.3. The number of nitro groups is 1. The standard InChI is InChI=1S/C20H17NO6/c1-11(2)20(23)26-15-8-12(3)18-16(10-15)27-17(19(18)22)9-13-4-6-14(7-5-13)21(24)25/h4-11H,1-3H3/b17-9-. The van der Waals surface area contributed by atoms with Gasteiger partial charge in [-0.25, -0.2) is 0 Å². The van der Waals surface area contributed by atoms with Gasteiger partial charge in [-0.2, -0.15) is 0 Å². The Morgan fingerprint density at radius 3 is 2.48 bits per heavy atom. The summed E-state index contributed by atoms with van der Waals surface area (Å²) in [5.41, 5.74) is 1.61. The van der Waals surface area contributed by atoms with E-state index >= 15 is 0 Å². The number of hydrogen-bond acceptors (Lipinski definition) is 6. The number of ether oxygens (including phenoxy) is 2. The van der Waals surface area contributed by atoms with Crippen molar-refractivity contribution < 1.29 is 24.0 Å². The van der Waals surface area contributed by atoms with E-state index in [1.807, 2.05) is 0 Å². The van der Waals surface area contributed by atoms with Crippen molar-refractivity contribution >= 4 is 23.5 Å². The van der Waals surface area contributed by atoms with Gasteiger partial charge in [0, 0.05) is 18.2 Å². The van der Waals surface area contributed by atoms with E-state index in [0.29, 0.717) is 28.2 Å². The Bertz CT molecular complexity index is 973. The second-order valence-corrected chi connectivity index (χ2v) is 6.48. The molecule has 0 amide bonds. The van der Waals surface area contributed by atoms with Crippen LogP contribution in [0.5, 0.6) is 11.5 Å². The van der Waals surface area contributed by atoms with Crippen molar-refractivity contribution in [3.8, 4) is 11.5 Å². The Balaban J connectivity index is 1.89. The number of aryl methyl sites for hydroxylation is 1. The number of nitrogens with zero attached hydrogens (tertiary/aromatic N) is 1. The first-order chi connectivity index (χ1) is 12.8. The molecule has 0 saturated heterocycles. The zero-order chi connectivity index (χ0) is 19.7. The van der Waals surface area contributed by atoms with Gasteiger partial charge in [0.1, 0.15) is 11.5 Å². The number of carbonyl (C=O) groups excluding carboxylic acids is 2. The molecule has 138 valence electrons. The summed E-state index contributed by atoms with van der Waals surface area (Å²) < 4.78 is 10.9. The van der Waals surface area contributed by atoms with Crippen LogP contribution < -0.4 is 9.47 Å². The van der Waals surface area contributed by atoms with Crippen molar-refractivity contribution in [1.82, 2.24) is 0 Å². The Morgan fingerprint density at radius 2 is 1.89 bits per heavy atom. The number of hydrogen-bond donors (Lipinski definition) is 0. The van der Waals surface area contributed by atoms with Crippen LogP contribution in [0.2, 0.25) is 0 Å². The highest BCUT2D eigenvalue weighted by atomic mass is 16.6. The molecule has 2 aromatic carbocycles. The summed E-state index contributed by atoms with van der Waals surface area (Å²) in [7, 11) is 0. The van der Waals surface area contributed by atoms with Gasteiger partial charge in [0.05, 0.1) is 16.4 Å². The molecule has 2 aromatic rings. The number of nitro benzene ring substituents is 1. The molecule has 1 aliphatic rings. The molecule has 0 unspecified atom stereocenters. The van der Waals surface area contributed by atoms with E-state index in [9.17, 15) is 19.7 Å². The average Bonchev–Trinajstić information content (AvgIpc) is 2.91. The summed E-state index contributed by atoms with van der Waals surface area (Å²) >= 11 is 0. The van der Waals surface area contributed by atoms with Crippen molar-refractivity contribution in [3.63, 3.8) is 0 Å². The lowest BCUT2D eigenvalue weighted by Gasteiger charge is -2.09. The molecule has 1 aliphatic heterocycles. The Hall–Kier alpha value is -3.48. The quantitative estimate of drug-likeness (QED) is 0.266. The number of ketones is 1. The van der Waals surface area contributed by atoms with Gasteiger partial charge in [0.25, 0.3) is 5.69 Å². The molecule has 27 heavy (non-hydrogen) atoms. The van der Waals surface area contributed by atoms with Crippen molar-refractivity contribution in [1.29, 1.82) is 0 Å². The molecule has 0 fully saturated rings. The number of Topliss-reactive ketones (excluding diaryl/α,β-unsaturated/α-hetero) is 1. The predicted molar refractivity (Wildman–Crippen MR) is 97.7 cm³/mol. The SMILES string of the molecule is Cc1cc(OC(=O)C(C)C)cc2c1C(=O)/C(=C/c1ccc([N+](=O)[O-])cc1)O2. The fourth-order valence-electron chi connectivity index (χ4n) is 2.61. The van der Waals surface area contributed by atoms with Gasteiger partial charge in [0.15, 0.2) is 5.76 Å². The molecule has 0 N–H and O–H groups in total. The molecule has 3 rings (SSSR count). The van der Waals surface area contributed by atoms with Crippen LogP contribution in [0.1, 0.15) is 35.3 Å². The van der Waals surface area contributed by atoms with Gasteiger partial charge in [-0.05, 0) is 42.3 Å². The van der Waals surface area contributed by atoms with Crippen LogP contribution in [0.15, 0.2) is 42.2 Å². The van der Waals surface area contributed by atoms with Crippen LogP contribution in [0.25, 0.3) is 6.08 Å². The summed E-state index contributed by atoms with van der Waals surface area (Å²) in [6, 6.07) is 8.91. The summed E-state index contributed by atoms with van der Waals surface area (Å²) in [6.07, 6.45) is 1.52. The minimum absolute atomic E-state index is 0.0356. The van der Waals surface area contributed by atoms with Crippen molar-refractivity contribution in [2.75, 3.05) is 0 Å². The first-order valence-electron chi connectivity index (χ1n) is 8.31. The molecule has 1 heterocycles. The third-order valence-electron chi connectivity index (χ3n) is 4.04. The molecule has 7 heteroatoms. The average molecular weight is 367 g/mol. The van der Waals surface area contributed by atoms with Gasteiger partial charge >= 0.3 is 5.97 Å². The maximum atomic E-state index is 12.6. The van der Waals surface area contributed by atoms with E-state index < -0.39 is 4.92 Å². The highest BCUT2D eigenvalue weighted by molar-refractivity contribution is 6.15. The van der Waals surface area contributed by atoms with Crippen molar-refractivity contribution in [2.45, 2.75) is 20.8 Å². The molecular weight excluding hydrogens is 350 g/mol. The van der Waals surface area contributed by atoms with E-state index in [1.54, 1.807) is 26.8 Å². The maximum Gasteiger partial charge on any atom is 0.313 e. The minimum Gasteiger partial charge on any atom is -0.452 e. The normalized spacial score (nSPS) is 14.2. The predicted octanol–water partition coefficient (Wildman–Crippen LogP) is 4.08. The molecule has 7 nitrogen and oxygen atoms in total. The number of esters is 1. The lowest BCUT2D eigenvalue weighted by molar-refractivity contribution is -0.384. The number of benzene rings is 2. The van der Waals surface area contributed by atoms with E-state index in [2.05, 4.69) is 0 Å². The van der Waals surface area contributed by atoms with Gasteiger partial charge < -0.3 is 9.47 Å². The van der Waals surface area contributed by atoms with Gasteiger partial charge in [-0.15, -0.1) is 0 Å². The van der Waals surface area contributed by atoms with E-state index in [0.717, 1.165) is 0 Å². The molecule has 0 bridgehead atoms. The second kappa shape index (κ2) is 7.03. The van der Waals surface area contributed by atoms with E-state index in [1.165, 1.54) is 36.4 Å². The Labute approximate surface area is 155 Å². The summed E-state index contributed by atoms with van der Waals surface area (Å²) in [5.74, 6) is -0.204. The van der Waals surface area contributed by atoms with E-state index in [4.69, 9.17) is 9.47 Å². The number of non-ortho nitro benzene ring substituents is 1. The minimum atomic E-state index is -0.493. The molecule has 0 aromatic heterocycles. The van der Waals surface area contributed by atoms with Gasteiger partial charge in [-0.3, -0.25) is 19.7 Å². The molecule has 0 spiro atoms. The zero-order valence-corrected chi connectivity index (χ0v) is 15.0. The zero-order valence-electron chi connectivity index (χ0n) is 15.0. The van der Waals surface area contributed by atoms with Crippen LogP contribution in [-0.4, -0.2) is 16.7 Å². The lowest BCUT2D eigenvalue weighted by Crippen LogP contribution is -2.14. The highest BCUT2D eigenvalue weighted by Crippen LogP contribution is 2.37. The van der Waals surface area contributed by atoms with Gasteiger partial charge in [0.2, 0.25) is 5.78 Å². The first-order valence-corrected chi connectivity index (χ1v) is 8.31. The molecule has 0 atom stereocenters. The number of rotatable bonds is 4. The fraction of sp³-hybridized carbons (Fsp3) is 0.200. The van der Waals surface area contributed by atoms with Crippen LogP contribution in [0, 0.1) is 23.0 Å². The Kier molecular flexibility index (Phi) is 4.77. The van der Waals surface area contributed by atoms with Crippen LogP contribution >= 0.6 is 0 Å². The molecular formula is C20H17NO6. The van der Waals surface area contributed by atoms with Crippen LogP contribution in [0.4, 0.5) is 5.69 Å². The van der Waals surface area contributed by atoms with E-state index in [-0.39, 0.29) is 29.1 Å². The summed E-state index contributed by atoms with van der Waals surface area (Å²) in [4.78, 5) is 34.6. The largest absolute Gasteiger partial charge is 0.452 e. The fourth-order valence-corrected chi connectivity index (χ4v) is 2.61. The summed E-state index contributed by atoms with van der Waals surface area (Å²) in [6.45, 7) is 5.20. The number of allylic oxidation sites excluding steroid dienone is 1. The van der Waals surface area contributed by atoms with Crippen molar-refractivity contribution in [2.24, 2.45) is 5.92 Å². The molecule has 0 aliphatic carbocycles. The Morgan fingerprint density at radius 1 is 1.22 bits per heavy atom. The third-order valence-corrected chi connectivity index (χ3v) is 4.04. The van der Waals surface area contributed by atoms with Gasteiger partial charge in [-0.1, -0.05) is 13.8 Å². The topological polar surface area (TPSA) is 95.7 Å². The molecule has 0 radical (unpaired) electrons. The van der Waals surface area contributed by atoms with Crippen molar-refractivity contribution in [3.05, 3.63) is 69.0 Å². The summed E-state index contributed by atoms with van der Waals surface area (Å²) in [5, 5.41) is 10.7. The smallest absolute Gasteiger partial charge is 0.313 e. The van der Waals surface area contributed by atoms with Crippen LogP contribution in [0.3, 0.4) is 0 Å². The third kappa shape index (κ3) is 3.72. The van der Waals surface area contributed by atoms with Crippen LogP contribution in [-0.2, 0) is 4.79 Å². The lowest BCUT2D eigenvalue weighted by atomic mass is 10.0. The molecule has 0 saturated carbocycles. The second-order valence-electron chi connectivity index (χ2n) is 6.48. The maximum absolute atomic E-state index is 12.6. The monoisotopic (exact) mass is 367 g/mol. The highest BCUT2D eigenvalue weighted by Gasteiger charge is 2.30. The number of carbonyl (C=O) groups is 2.